The molecule has 4 aromatic rings. The maximum atomic E-state index is 11.5. The lowest BCUT2D eigenvalue weighted by molar-refractivity contribution is -0.146. The third kappa shape index (κ3) is 17.8. The molecule has 2 aliphatic carbocycles. The van der Waals surface area contributed by atoms with E-state index in [0.717, 1.165) is 55.2 Å². The normalized spacial score (nSPS) is 18.2. The molecule has 2 saturated carbocycles. The number of aliphatic hydroxyl groups excluding tert-OH is 2. The molecule has 2 aliphatic rings. The van der Waals surface area contributed by atoms with Crippen LogP contribution in [0.25, 0.3) is 0 Å². The Bertz CT molecular complexity index is 1960. The van der Waals surface area contributed by atoms with E-state index in [1.165, 1.54) is 5.56 Å². The summed E-state index contributed by atoms with van der Waals surface area (Å²) in [6.07, 6.45) is 6.47. The van der Waals surface area contributed by atoms with Crippen LogP contribution in [0.3, 0.4) is 0 Å². The molecule has 5 N–H and O–H groups in total. The van der Waals surface area contributed by atoms with Gasteiger partial charge in [-0.25, -0.2) is 9.59 Å². The summed E-state index contributed by atoms with van der Waals surface area (Å²) >= 11 is 11.7. The van der Waals surface area contributed by atoms with E-state index >= 15 is 0 Å². The van der Waals surface area contributed by atoms with Crippen molar-refractivity contribution in [3.8, 4) is 11.5 Å². The van der Waals surface area contributed by atoms with Crippen LogP contribution >= 0.6 is 23.2 Å². The topological polar surface area (TPSA) is 167 Å². The second-order valence-corrected chi connectivity index (χ2v) is 15.9. The van der Waals surface area contributed by atoms with Gasteiger partial charge in [0, 0.05) is 42.0 Å². The van der Waals surface area contributed by atoms with Crippen LogP contribution in [0.15, 0.2) is 97.1 Å². The van der Waals surface area contributed by atoms with Gasteiger partial charge in [0.15, 0.2) is 13.2 Å². The molecule has 61 heavy (non-hydrogen) atoms. The quantitative estimate of drug-likeness (QED) is 0.0795. The number of benzene rings is 4. The van der Waals surface area contributed by atoms with Crippen molar-refractivity contribution in [3.05, 3.63) is 129 Å². The van der Waals surface area contributed by atoms with Gasteiger partial charge in [0.2, 0.25) is 0 Å². The van der Waals surface area contributed by atoms with Gasteiger partial charge in [-0.3, -0.25) is 4.79 Å². The summed E-state index contributed by atoms with van der Waals surface area (Å²) in [5.74, 6) is 1.64. The number of ketones is 1. The Kier molecular flexibility index (Phi) is 21.6. The number of rotatable bonds is 16. The molecule has 13 heteroatoms. The van der Waals surface area contributed by atoms with Crippen molar-refractivity contribution in [2.45, 2.75) is 95.3 Å². The van der Waals surface area contributed by atoms with Crippen molar-refractivity contribution in [3.63, 3.8) is 0 Å². The van der Waals surface area contributed by atoms with Gasteiger partial charge in [-0.05, 0) is 129 Å². The summed E-state index contributed by atoms with van der Waals surface area (Å²) in [4.78, 5) is 34.3. The van der Waals surface area contributed by atoms with E-state index in [1.807, 2.05) is 60.7 Å². The summed E-state index contributed by atoms with van der Waals surface area (Å²) < 4.78 is 20.7. The van der Waals surface area contributed by atoms with E-state index in [4.69, 9.17) is 47.9 Å². The fourth-order valence-corrected chi connectivity index (χ4v) is 7.75. The van der Waals surface area contributed by atoms with Crippen molar-refractivity contribution in [1.82, 2.24) is 5.32 Å². The largest absolute Gasteiger partial charge is 0.482 e. The van der Waals surface area contributed by atoms with Crippen molar-refractivity contribution < 1.29 is 43.5 Å². The van der Waals surface area contributed by atoms with E-state index in [9.17, 15) is 24.6 Å². The zero-order valence-corrected chi connectivity index (χ0v) is 36.6. The highest BCUT2D eigenvalue weighted by molar-refractivity contribution is 6.30. The lowest BCUT2D eigenvalue weighted by Crippen LogP contribution is -2.36. The zero-order chi connectivity index (χ0) is 44.0. The molecule has 2 fully saturated rings. The number of ether oxygens (including phenoxy) is 4. The fourth-order valence-electron chi connectivity index (χ4n) is 7.35. The highest BCUT2D eigenvalue weighted by atomic mass is 35.5. The van der Waals surface area contributed by atoms with E-state index in [0.29, 0.717) is 71.9 Å². The van der Waals surface area contributed by atoms with Gasteiger partial charge >= 0.3 is 11.9 Å². The monoisotopic (exact) mass is 878 g/mol. The van der Waals surface area contributed by atoms with Crippen LogP contribution in [0.2, 0.25) is 10.0 Å². The molecule has 6 rings (SSSR count). The number of nitrogens with one attached hydrogen (secondary N) is 1. The molecule has 0 spiro atoms. The van der Waals surface area contributed by atoms with Crippen molar-refractivity contribution in [1.29, 1.82) is 0 Å². The Labute approximate surface area is 369 Å². The predicted octanol–water partition coefficient (Wildman–Crippen LogP) is 8.82. The number of hydrogen-bond acceptors (Lipinski definition) is 11. The first-order chi connectivity index (χ1) is 29.5. The van der Waals surface area contributed by atoms with E-state index in [1.54, 1.807) is 44.2 Å². The molecule has 0 saturated heterocycles. The number of nitrogens with two attached hydrogens (primary N) is 1. The Morgan fingerprint density at radius 2 is 1.25 bits per heavy atom. The minimum absolute atomic E-state index is 0.0759. The summed E-state index contributed by atoms with van der Waals surface area (Å²) in [5, 5.41) is 24.5. The van der Waals surface area contributed by atoms with Crippen molar-refractivity contribution in [2.24, 2.45) is 5.73 Å². The first-order valence-corrected chi connectivity index (χ1v) is 21.8. The number of carbonyl (C=O) groups is 3. The summed E-state index contributed by atoms with van der Waals surface area (Å²) in [6, 6.07) is 30.4. The van der Waals surface area contributed by atoms with Crippen LogP contribution in [0.1, 0.15) is 112 Å². The molecule has 0 bridgehead atoms. The molecule has 330 valence electrons. The lowest BCUT2D eigenvalue weighted by Gasteiger charge is -2.31. The summed E-state index contributed by atoms with van der Waals surface area (Å²) in [7, 11) is 0. The Balaban J connectivity index is 0.000000226. The maximum Gasteiger partial charge on any atom is 0.344 e. The predicted molar refractivity (Wildman–Crippen MR) is 238 cm³/mol. The second-order valence-electron chi connectivity index (χ2n) is 15.0. The molecule has 0 radical (unpaired) electrons. The Morgan fingerprint density at radius 3 is 1.77 bits per heavy atom. The molecule has 0 aromatic heterocycles. The van der Waals surface area contributed by atoms with Gasteiger partial charge in [0.1, 0.15) is 17.3 Å². The van der Waals surface area contributed by atoms with Crippen molar-refractivity contribution in [2.75, 3.05) is 39.5 Å². The van der Waals surface area contributed by atoms with Gasteiger partial charge in [-0.2, -0.15) is 0 Å². The van der Waals surface area contributed by atoms with Crippen LogP contribution in [-0.4, -0.2) is 73.5 Å². The molecule has 5 atom stereocenters. The zero-order valence-electron chi connectivity index (χ0n) is 35.1. The smallest absolute Gasteiger partial charge is 0.344 e. The number of hydrogen-bond donors (Lipinski definition) is 4. The highest BCUT2D eigenvalue weighted by Gasteiger charge is 2.25. The molecule has 11 nitrogen and oxygen atoms in total. The maximum absolute atomic E-state index is 11.5. The van der Waals surface area contributed by atoms with Crippen molar-refractivity contribution >= 4 is 40.9 Å². The van der Waals surface area contributed by atoms with Gasteiger partial charge in [-0.1, -0.05) is 78.2 Å². The molecule has 4 aromatic carbocycles. The fraction of sp³-hybridized carbons (Fsp3) is 0.438. The number of esters is 2. The van der Waals surface area contributed by atoms with Crippen LogP contribution in [0.4, 0.5) is 0 Å². The number of Topliss-reactive ketones (excluding diaryl/α,β-unsaturated/α-hetero) is 1. The Hall–Kier alpha value is -4.49. The molecule has 0 aliphatic heterocycles. The minimum atomic E-state index is -0.603. The first kappa shape index (κ1) is 49.2. The highest BCUT2D eigenvalue weighted by Crippen LogP contribution is 2.35. The van der Waals surface area contributed by atoms with Crippen LogP contribution < -0.4 is 20.5 Å². The molecular weight excluding hydrogens is 819 g/mol. The minimum Gasteiger partial charge on any atom is -0.482 e. The van der Waals surface area contributed by atoms with E-state index < -0.39 is 12.2 Å². The lowest BCUT2D eigenvalue weighted by atomic mass is 9.81. The van der Waals surface area contributed by atoms with Gasteiger partial charge < -0.3 is 40.2 Å². The molecule has 0 amide bonds. The Morgan fingerprint density at radius 1 is 0.721 bits per heavy atom. The molecule has 0 heterocycles. The van der Waals surface area contributed by atoms with Crippen LogP contribution in [0, 0.1) is 0 Å². The van der Waals surface area contributed by atoms with Crippen LogP contribution in [0.5, 0.6) is 11.5 Å². The van der Waals surface area contributed by atoms with Crippen LogP contribution in [-0.2, 0) is 23.9 Å². The summed E-state index contributed by atoms with van der Waals surface area (Å²) in [5.41, 5.74) is 9.18. The van der Waals surface area contributed by atoms with Gasteiger partial charge in [0.25, 0.3) is 0 Å². The summed E-state index contributed by atoms with van der Waals surface area (Å²) in [6.45, 7) is 4.81. The second kappa shape index (κ2) is 26.8. The number of carbonyl (C=O) groups excluding carboxylic acids is 3. The first-order valence-electron chi connectivity index (χ1n) is 21.1. The van der Waals surface area contributed by atoms with Gasteiger partial charge in [-0.15, -0.1) is 0 Å². The number of aliphatic hydroxyl groups is 2. The standard InChI is InChI=1S/C24H30ClNO4.C16H20O4.C8H10ClNO/c1-2-29-24(28)16-30-22-11-5-7-18(14-22)17-6-4-10-21(13-17)26-15-23(27)19-8-3-9-20(25)12-19;1-2-19-16(18)11-20-15-8-4-6-13(10-15)12-5-3-7-14(17)9-12;9-7-3-1-2-6(4-7)8(11)5-10/h3,5,7-9,11-12,14,17,21,23,26-27H,2,4,6,10,13,15-16H2,1H3;4,6,8,10,12H,2-3,5,7,9,11H2,1H3;1-4,8,11H,5,10H2. The number of halogens is 2. The van der Waals surface area contributed by atoms with E-state index in [-0.39, 0.29) is 37.6 Å². The molecular formula is C48H60Cl2N2O9. The third-order valence-electron chi connectivity index (χ3n) is 10.4. The molecule has 5 unspecified atom stereocenters. The SMILES string of the molecule is CCOC(=O)COc1cccc(C2CCCC(=O)C2)c1.CCOC(=O)COc1cccc(C2CCCC(NCC(O)c3cccc(Cl)c3)C2)c1.NCC(O)c1cccc(Cl)c1. The van der Waals surface area contributed by atoms with E-state index in [2.05, 4.69) is 11.4 Å². The third-order valence-corrected chi connectivity index (χ3v) is 10.9. The average Bonchev–Trinajstić information content (AvgIpc) is 3.27. The van der Waals surface area contributed by atoms with Gasteiger partial charge in [0.05, 0.1) is 25.4 Å². The average molecular weight is 880 g/mol.